The first-order valence-electron chi connectivity index (χ1n) is 8.46. The summed E-state index contributed by atoms with van der Waals surface area (Å²) in [6, 6.07) is 5.60. The van der Waals surface area contributed by atoms with Gasteiger partial charge in [-0.05, 0) is 50.3 Å². The maximum atomic E-state index is 6.19. The Morgan fingerprint density at radius 2 is 1.83 bits per heavy atom. The van der Waals surface area contributed by atoms with Gasteiger partial charge in [0, 0.05) is 28.1 Å². The molecule has 2 heterocycles. The predicted molar refractivity (Wildman–Crippen MR) is 98.3 cm³/mol. The smallest absolute Gasteiger partial charge is 0.133 e. The zero-order valence-corrected chi connectivity index (χ0v) is 15.2. The Balaban J connectivity index is 2.16. The average molecular weight is 352 g/mol. The van der Waals surface area contributed by atoms with Crippen molar-refractivity contribution >= 4 is 29.0 Å². The number of halogens is 2. The molecule has 0 bridgehead atoms. The summed E-state index contributed by atoms with van der Waals surface area (Å²) in [6.07, 6.45) is 5.69. The third-order valence-electron chi connectivity index (χ3n) is 4.62. The molecule has 0 aliphatic carbocycles. The molecular formula is C18H23Cl2N3. The molecule has 2 aromatic rings. The summed E-state index contributed by atoms with van der Waals surface area (Å²) in [6.45, 7) is 5.45. The van der Waals surface area contributed by atoms with Crippen molar-refractivity contribution in [3.63, 3.8) is 0 Å². The van der Waals surface area contributed by atoms with E-state index in [1.807, 2.05) is 16.8 Å². The van der Waals surface area contributed by atoms with Crippen LogP contribution < -0.4 is 5.32 Å². The van der Waals surface area contributed by atoms with E-state index < -0.39 is 0 Å². The molecule has 0 fully saturated rings. The standard InChI is InChI=1S/C18H23Cl2N3/c1-3-12(4-2)17-16-7-5-6-8-21-18(16)23(22-17)15-10-13(19)9-14(20)11-15/h9-12,21H,3-8H2,1-2H3. The fourth-order valence-corrected chi connectivity index (χ4v) is 3.90. The molecule has 0 unspecified atom stereocenters. The van der Waals surface area contributed by atoms with E-state index in [9.17, 15) is 0 Å². The van der Waals surface area contributed by atoms with Crippen molar-refractivity contribution in [2.45, 2.75) is 51.9 Å². The molecule has 3 rings (SSSR count). The maximum absolute atomic E-state index is 6.19. The fraction of sp³-hybridized carbons (Fsp3) is 0.500. The Hall–Kier alpha value is -1.19. The molecule has 0 atom stereocenters. The zero-order valence-electron chi connectivity index (χ0n) is 13.7. The second kappa shape index (κ2) is 7.14. The highest BCUT2D eigenvalue weighted by atomic mass is 35.5. The van der Waals surface area contributed by atoms with Gasteiger partial charge in [-0.25, -0.2) is 4.68 Å². The first-order valence-corrected chi connectivity index (χ1v) is 9.21. The molecule has 0 amide bonds. The summed E-state index contributed by atoms with van der Waals surface area (Å²) in [4.78, 5) is 0. The van der Waals surface area contributed by atoms with Gasteiger partial charge in [-0.1, -0.05) is 37.0 Å². The molecule has 0 spiro atoms. The van der Waals surface area contributed by atoms with Crippen LogP contribution in [0.2, 0.25) is 10.0 Å². The summed E-state index contributed by atoms with van der Waals surface area (Å²) < 4.78 is 1.99. The van der Waals surface area contributed by atoms with Gasteiger partial charge in [-0.2, -0.15) is 5.10 Å². The Morgan fingerprint density at radius 3 is 2.48 bits per heavy atom. The van der Waals surface area contributed by atoms with Crippen molar-refractivity contribution in [1.29, 1.82) is 0 Å². The predicted octanol–water partition coefficient (Wildman–Crippen LogP) is 5.83. The van der Waals surface area contributed by atoms with Gasteiger partial charge in [0.1, 0.15) is 5.82 Å². The first kappa shape index (κ1) is 16.7. The third kappa shape index (κ3) is 3.36. The number of aromatic nitrogens is 2. The highest BCUT2D eigenvalue weighted by molar-refractivity contribution is 6.34. The van der Waals surface area contributed by atoms with Crippen LogP contribution in [0.25, 0.3) is 5.69 Å². The Morgan fingerprint density at radius 1 is 1.13 bits per heavy atom. The molecule has 1 aromatic heterocycles. The third-order valence-corrected chi connectivity index (χ3v) is 5.06. The minimum Gasteiger partial charge on any atom is -0.370 e. The van der Waals surface area contributed by atoms with Gasteiger partial charge in [0.2, 0.25) is 0 Å². The largest absolute Gasteiger partial charge is 0.370 e. The Kier molecular flexibility index (Phi) is 5.17. The lowest BCUT2D eigenvalue weighted by Gasteiger charge is -2.11. The number of benzene rings is 1. The number of anilines is 1. The lowest BCUT2D eigenvalue weighted by atomic mass is 9.94. The summed E-state index contributed by atoms with van der Waals surface area (Å²) in [5.74, 6) is 1.61. The average Bonchev–Trinajstić information content (AvgIpc) is 2.71. The van der Waals surface area contributed by atoms with Crippen molar-refractivity contribution in [2.24, 2.45) is 0 Å². The molecule has 1 aromatic carbocycles. The highest BCUT2D eigenvalue weighted by Gasteiger charge is 2.24. The number of fused-ring (bicyclic) bond motifs is 1. The minimum absolute atomic E-state index is 0.500. The molecule has 0 saturated heterocycles. The molecule has 0 radical (unpaired) electrons. The quantitative estimate of drug-likeness (QED) is 0.750. The molecular weight excluding hydrogens is 329 g/mol. The van der Waals surface area contributed by atoms with E-state index in [-0.39, 0.29) is 0 Å². The van der Waals surface area contributed by atoms with E-state index in [1.54, 1.807) is 6.07 Å². The second-order valence-corrected chi connectivity index (χ2v) is 7.02. The van der Waals surface area contributed by atoms with E-state index in [0.717, 1.165) is 37.3 Å². The zero-order chi connectivity index (χ0) is 16.4. The molecule has 1 aliphatic rings. The minimum atomic E-state index is 0.500. The van der Waals surface area contributed by atoms with E-state index in [4.69, 9.17) is 28.3 Å². The molecule has 5 heteroatoms. The highest BCUT2D eigenvalue weighted by Crippen LogP contribution is 2.35. The van der Waals surface area contributed by atoms with Crippen LogP contribution >= 0.6 is 23.2 Å². The fourth-order valence-electron chi connectivity index (χ4n) is 3.38. The SMILES string of the molecule is CCC(CC)c1nn(-c2cc(Cl)cc(Cl)c2)c2c1CCCCN2. The Bertz CT molecular complexity index is 670. The maximum Gasteiger partial charge on any atom is 0.133 e. The summed E-state index contributed by atoms with van der Waals surface area (Å²) in [5.41, 5.74) is 3.52. The van der Waals surface area contributed by atoms with Gasteiger partial charge in [-0.3, -0.25) is 0 Å². The van der Waals surface area contributed by atoms with Gasteiger partial charge in [0.15, 0.2) is 0 Å². The van der Waals surface area contributed by atoms with Crippen molar-refractivity contribution in [3.8, 4) is 5.69 Å². The van der Waals surface area contributed by atoms with Crippen LogP contribution in [0.4, 0.5) is 5.82 Å². The van der Waals surface area contributed by atoms with Crippen LogP contribution in [0.5, 0.6) is 0 Å². The van der Waals surface area contributed by atoms with Crippen molar-refractivity contribution in [1.82, 2.24) is 9.78 Å². The number of rotatable bonds is 4. The van der Waals surface area contributed by atoms with E-state index >= 15 is 0 Å². The summed E-state index contributed by atoms with van der Waals surface area (Å²) >= 11 is 12.4. The van der Waals surface area contributed by atoms with Crippen LogP contribution in [0, 0.1) is 0 Å². The molecule has 3 nitrogen and oxygen atoms in total. The van der Waals surface area contributed by atoms with Gasteiger partial charge in [0.25, 0.3) is 0 Å². The first-order chi connectivity index (χ1) is 11.1. The van der Waals surface area contributed by atoms with E-state index in [0.29, 0.717) is 16.0 Å². The van der Waals surface area contributed by atoms with Crippen LogP contribution in [0.1, 0.15) is 56.7 Å². The topological polar surface area (TPSA) is 29.9 Å². The lowest BCUT2D eigenvalue weighted by molar-refractivity contribution is 0.605. The van der Waals surface area contributed by atoms with Crippen molar-refractivity contribution in [2.75, 3.05) is 11.9 Å². The number of nitrogens with one attached hydrogen (secondary N) is 1. The van der Waals surface area contributed by atoms with Crippen LogP contribution in [-0.4, -0.2) is 16.3 Å². The van der Waals surface area contributed by atoms with Crippen LogP contribution in [-0.2, 0) is 6.42 Å². The second-order valence-electron chi connectivity index (χ2n) is 6.15. The lowest BCUT2D eigenvalue weighted by Crippen LogP contribution is -2.07. The van der Waals surface area contributed by atoms with Gasteiger partial charge >= 0.3 is 0 Å². The molecule has 0 saturated carbocycles. The monoisotopic (exact) mass is 351 g/mol. The number of hydrogen-bond donors (Lipinski definition) is 1. The molecule has 1 N–H and O–H groups in total. The van der Waals surface area contributed by atoms with Gasteiger partial charge in [0.05, 0.1) is 11.4 Å². The van der Waals surface area contributed by atoms with Crippen LogP contribution in [0.3, 0.4) is 0 Å². The molecule has 1 aliphatic heterocycles. The van der Waals surface area contributed by atoms with Crippen molar-refractivity contribution < 1.29 is 0 Å². The molecule has 23 heavy (non-hydrogen) atoms. The normalized spacial score (nSPS) is 14.5. The van der Waals surface area contributed by atoms with Gasteiger partial charge in [-0.15, -0.1) is 0 Å². The van der Waals surface area contributed by atoms with Gasteiger partial charge < -0.3 is 5.32 Å². The van der Waals surface area contributed by atoms with E-state index in [1.165, 1.54) is 24.1 Å². The number of hydrogen-bond acceptors (Lipinski definition) is 2. The molecule has 124 valence electrons. The van der Waals surface area contributed by atoms with Crippen LogP contribution in [0.15, 0.2) is 18.2 Å². The summed E-state index contributed by atoms with van der Waals surface area (Å²) in [7, 11) is 0. The summed E-state index contributed by atoms with van der Waals surface area (Å²) in [5, 5.41) is 9.80. The number of nitrogens with zero attached hydrogens (tertiary/aromatic N) is 2. The Labute approximate surface area is 148 Å². The van der Waals surface area contributed by atoms with Crippen molar-refractivity contribution in [3.05, 3.63) is 39.5 Å². The van der Waals surface area contributed by atoms with E-state index in [2.05, 4.69) is 19.2 Å².